The fraction of sp³-hybridized carbons (Fsp3) is 0.143. The zero-order chi connectivity index (χ0) is 13.3. The molecule has 1 nitrogen and oxygen atoms in total. The maximum Gasteiger partial charge on any atom is 0.136 e. The van der Waals surface area contributed by atoms with Gasteiger partial charge in [-0.25, -0.2) is 13.2 Å². The molecular weight excluding hydrogens is 239 g/mol. The van der Waals surface area contributed by atoms with Gasteiger partial charge in [-0.2, -0.15) is 0 Å². The number of benzene rings is 2. The Hall–Kier alpha value is -1.81. The van der Waals surface area contributed by atoms with Gasteiger partial charge in [0.1, 0.15) is 17.5 Å². The Morgan fingerprint density at radius 1 is 1.00 bits per heavy atom. The van der Waals surface area contributed by atoms with Crippen LogP contribution < -0.4 is 5.73 Å². The molecule has 2 N–H and O–H groups in total. The molecule has 0 heterocycles. The summed E-state index contributed by atoms with van der Waals surface area (Å²) in [5.74, 6) is -2.78. The normalized spacial score (nSPS) is 12.5. The Balaban J connectivity index is 2.59. The van der Waals surface area contributed by atoms with Crippen molar-refractivity contribution < 1.29 is 13.2 Å². The van der Waals surface area contributed by atoms with Crippen LogP contribution in [-0.2, 0) is 0 Å². The topological polar surface area (TPSA) is 26.0 Å². The Kier molecular flexibility index (Phi) is 3.39. The van der Waals surface area contributed by atoms with Crippen LogP contribution in [0.5, 0.6) is 0 Å². The van der Waals surface area contributed by atoms with Crippen molar-refractivity contribution in [2.45, 2.75) is 13.0 Å². The summed E-state index contributed by atoms with van der Waals surface area (Å²) in [6.45, 7) is 1.77. The second-order valence-electron chi connectivity index (χ2n) is 4.16. The molecule has 2 aromatic carbocycles. The average molecular weight is 251 g/mol. The second-order valence-corrected chi connectivity index (χ2v) is 4.16. The van der Waals surface area contributed by atoms with Crippen LogP contribution in [0.15, 0.2) is 36.4 Å². The lowest BCUT2D eigenvalue weighted by Crippen LogP contribution is -2.05. The van der Waals surface area contributed by atoms with Crippen LogP contribution in [0, 0.1) is 17.5 Å². The van der Waals surface area contributed by atoms with Crippen molar-refractivity contribution in [3.63, 3.8) is 0 Å². The predicted molar refractivity (Wildman–Crippen MR) is 64.4 cm³/mol. The van der Waals surface area contributed by atoms with Crippen LogP contribution in [0.1, 0.15) is 18.5 Å². The zero-order valence-corrected chi connectivity index (χ0v) is 9.75. The molecule has 0 aliphatic heterocycles. The van der Waals surface area contributed by atoms with Gasteiger partial charge in [0.05, 0.1) is 5.56 Å². The van der Waals surface area contributed by atoms with Crippen LogP contribution in [0.3, 0.4) is 0 Å². The summed E-state index contributed by atoms with van der Waals surface area (Å²) in [6.07, 6.45) is 0. The van der Waals surface area contributed by atoms with E-state index in [2.05, 4.69) is 0 Å². The van der Waals surface area contributed by atoms with Gasteiger partial charge in [0.25, 0.3) is 0 Å². The molecule has 1 unspecified atom stereocenters. The van der Waals surface area contributed by atoms with E-state index in [1.807, 2.05) is 0 Å². The van der Waals surface area contributed by atoms with Crippen molar-refractivity contribution in [2.75, 3.05) is 0 Å². The first-order valence-electron chi connectivity index (χ1n) is 5.49. The molecular formula is C14H12F3N. The van der Waals surface area contributed by atoms with Crippen LogP contribution in [0.2, 0.25) is 0 Å². The van der Waals surface area contributed by atoms with Gasteiger partial charge in [-0.05, 0) is 24.1 Å². The smallest absolute Gasteiger partial charge is 0.136 e. The lowest BCUT2D eigenvalue weighted by atomic mass is 9.99. The molecule has 0 aromatic heterocycles. The predicted octanol–water partition coefficient (Wildman–Crippen LogP) is 3.79. The first-order chi connectivity index (χ1) is 8.49. The minimum Gasteiger partial charge on any atom is -0.324 e. The van der Waals surface area contributed by atoms with E-state index in [0.29, 0.717) is 17.7 Å². The number of halogens is 3. The highest BCUT2D eigenvalue weighted by atomic mass is 19.1. The third-order valence-corrected chi connectivity index (χ3v) is 2.71. The highest BCUT2D eigenvalue weighted by Crippen LogP contribution is 2.28. The summed E-state index contributed by atoms with van der Waals surface area (Å²) in [6, 6.07) is 7.68. The molecule has 0 bridgehead atoms. The lowest BCUT2D eigenvalue weighted by molar-refractivity contribution is 0.548. The van der Waals surface area contributed by atoms with Crippen molar-refractivity contribution in [2.24, 2.45) is 5.73 Å². The monoisotopic (exact) mass is 251 g/mol. The standard InChI is InChI=1S/C14H12F3N/c1-8(18)9-3-2-4-10(5-9)14-12(16)6-11(15)7-13(14)17/h2-8H,18H2,1H3. The van der Waals surface area contributed by atoms with E-state index < -0.39 is 17.5 Å². The fourth-order valence-electron chi connectivity index (χ4n) is 1.80. The molecule has 0 fully saturated rings. The van der Waals surface area contributed by atoms with Gasteiger partial charge in [-0.15, -0.1) is 0 Å². The van der Waals surface area contributed by atoms with E-state index in [9.17, 15) is 13.2 Å². The molecule has 0 aliphatic carbocycles. The Morgan fingerprint density at radius 3 is 2.17 bits per heavy atom. The highest BCUT2D eigenvalue weighted by Gasteiger charge is 2.14. The van der Waals surface area contributed by atoms with Crippen molar-refractivity contribution in [1.29, 1.82) is 0 Å². The summed E-state index contributed by atoms with van der Waals surface area (Å²) in [5, 5.41) is 0. The van der Waals surface area contributed by atoms with E-state index >= 15 is 0 Å². The molecule has 1 atom stereocenters. The maximum atomic E-state index is 13.6. The second kappa shape index (κ2) is 4.82. The van der Waals surface area contributed by atoms with Gasteiger partial charge in [0.2, 0.25) is 0 Å². The zero-order valence-electron chi connectivity index (χ0n) is 9.75. The van der Waals surface area contributed by atoms with Crippen molar-refractivity contribution in [3.05, 3.63) is 59.4 Å². The SMILES string of the molecule is CC(N)c1cccc(-c2c(F)cc(F)cc2F)c1. The van der Waals surface area contributed by atoms with Crippen LogP contribution >= 0.6 is 0 Å². The molecule has 94 valence electrons. The van der Waals surface area contributed by atoms with Gasteiger partial charge >= 0.3 is 0 Å². The third kappa shape index (κ3) is 2.38. The van der Waals surface area contributed by atoms with E-state index in [-0.39, 0.29) is 11.6 Å². The minimum absolute atomic E-state index is 0.237. The quantitative estimate of drug-likeness (QED) is 0.863. The summed E-state index contributed by atoms with van der Waals surface area (Å²) >= 11 is 0. The molecule has 4 heteroatoms. The Bertz CT molecular complexity index is 556. The molecule has 0 saturated carbocycles. The van der Waals surface area contributed by atoms with Crippen molar-refractivity contribution in [1.82, 2.24) is 0 Å². The molecule has 2 aromatic rings. The molecule has 2 rings (SSSR count). The Morgan fingerprint density at radius 2 is 1.61 bits per heavy atom. The molecule has 18 heavy (non-hydrogen) atoms. The maximum absolute atomic E-state index is 13.6. The number of nitrogens with two attached hydrogens (primary N) is 1. The summed E-state index contributed by atoms with van der Waals surface area (Å²) < 4.78 is 40.1. The lowest BCUT2D eigenvalue weighted by Gasteiger charge is -2.10. The largest absolute Gasteiger partial charge is 0.324 e. The fourth-order valence-corrected chi connectivity index (χ4v) is 1.80. The van der Waals surface area contributed by atoms with Crippen LogP contribution in [-0.4, -0.2) is 0 Å². The van der Waals surface area contributed by atoms with Gasteiger partial charge in [-0.1, -0.05) is 18.2 Å². The summed E-state index contributed by atoms with van der Waals surface area (Å²) in [4.78, 5) is 0. The number of rotatable bonds is 2. The molecule has 0 radical (unpaired) electrons. The van der Waals surface area contributed by atoms with Gasteiger partial charge < -0.3 is 5.73 Å². The Labute approximate surface area is 103 Å². The van der Waals surface area contributed by atoms with Crippen LogP contribution in [0.4, 0.5) is 13.2 Å². The minimum atomic E-state index is -0.933. The first kappa shape index (κ1) is 12.6. The molecule has 0 amide bonds. The highest BCUT2D eigenvalue weighted by molar-refractivity contribution is 5.65. The third-order valence-electron chi connectivity index (χ3n) is 2.71. The van der Waals surface area contributed by atoms with Crippen LogP contribution in [0.25, 0.3) is 11.1 Å². The number of hydrogen-bond donors (Lipinski definition) is 1. The molecule has 0 spiro atoms. The van der Waals surface area contributed by atoms with Crippen molar-refractivity contribution in [3.8, 4) is 11.1 Å². The molecule has 0 aliphatic rings. The molecule has 0 saturated heterocycles. The van der Waals surface area contributed by atoms with Crippen molar-refractivity contribution >= 4 is 0 Å². The van der Waals surface area contributed by atoms with Gasteiger partial charge in [0.15, 0.2) is 0 Å². The van der Waals surface area contributed by atoms with Gasteiger partial charge in [-0.3, -0.25) is 0 Å². The van der Waals surface area contributed by atoms with E-state index in [1.54, 1.807) is 31.2 Å². The summed E-state index contributed by atoms with van der Waals surface area (Å²) in [7, 11) is 0. The van der Waals surface area contributed by atoms with E-state index in [1.165, 1.54) is 0 Å². The van der Waals surface area contributed by atoms with Gasteiger partial charge in [0, 0.05) is 18.2 Å². The summed E-state index contributed by atoms with van der Waals surface area (Å²) in [5.41, 5.74) is 6.58. The van der Waals surface area contributed by atoms with E-state index in [0.717, 1.165) is 5.56 Å². The number of hydrogen-bond acceptors (Lipinski definition) is 1. The average Bonchev–Trinajstić information content (AvgIpc) is 2.28. The van der Waals surface area contributed by atoms with E-state index in [4.69, 9.17) is 5.73 Å². The first-order valence-corrected chi connectivity index (χ1v) is 5.49.